The summed E-state index contributed by atoms with van der Waals surface area (Å²) >= 11 is 3.26. The molecule has 0 bridgehead atoms. The summed E-state index contributed by atoms with van der Waals surface area (Å²) in [6, 6.07) is -0.895. The van der Waals surface area contributed by atoms with Gasteiger partial charge >= 0.3 is 12.0 Å². The van der Waals surface area contributed by atoms with E-state index in [2.05, 4.69) is 5.32 Å². The van der Waals surface area contributed by atoms with Crippen molar-refractivity contribution < 1.29 is 14.7 Å². The number of hydrogen-bond acceptors (Lipinski definition) is 4. The van der Waals surface area contributed by atoms with Crippen LogP contribution in [0.4, 0.5) is 4.79 Å². The molecule has 1 saturated heterocycles. The highest BCUT2D eigenvalue weighted by Gasteiger charge is 2.47. The predicted molar refractivity (Wildman–Crippen MR) is 74.0 cm³/mol. The molecule has 1 aliphatic heterocycles. The third-order valence-corrected chi connectivity index (χ3v) is 5.24. The fourth-order valence-electron chi connectivity index (χ4n) is 2.07. The van der Waals surface area contributed by atoms with Gasteiger partial charge in [-0.25, -0.2) is 9.59 Å². The Bertz CT molecular complexity index is 336. The highest BCUT2D eigenvalue weighted by molar-refractivity contribution is 8.00. The third-order valence-electron chi connectivity index (χ3n) is 3.16. The summed E-state index contributed by atoms with van der Waals surface area (Å²) < 4.78 is 0. The summed E-state index contributed by atoms with van der Waals surface area (Å²) in [5.41, 5.74) is 0. The van der Waals surface area contributed by atoms with Gasteiger partial charge < -0.3 is 10.4 Å². The molecule has 1 saturated carbocycles. The van der Waals surface area contributed by atoms with Gasteiger partial charge in [-0.15, -0.1) is 11.8 Å². The molecule has 2 fully saturated rings. The van der Waals surface area contributed by atoms with Crippen LogP contribution in [0.1, 0.15) is 12.8 Å². The quantitative estimate of drug-likeness (QED) is 0.747. The Labute approximate surface area is 115 Å². The molecule has 0 spiro atoms. The number of carbonyl (C=O) groups is 2. The van der Waals surface area contributed by atoms with Crippen LogP contribution in [0.3, 0.4) is 0 Å². The number of amides is 2. The van der Waals surface area contributed by atoms with Crippen LogP contribution in [-0.2, 0) is 4.79 Å². The maximum absolute atomic E-state index is 12.1. The number of rotatable bonds is 5. The number of nitrogens with zero attached hydrogens (tertiary/aromatic N) is 1. The van der Waals surface area contributed by atoms with Crippen LogP contribution in [0.15, 0.2) is 0 Å². The molecule has 2 amide bonds. The molecule has 2 unspecified atom stereocenters. The average molecular weight is 290 g/mol. The summed E-state index contributed by atoms with van der Waals surface area (Å²) in [5.74, 6) is 0.946. The minimum atomic E-state index is -0.898. The van der Waals surface area contributed by atoms with Crippen molar-refractivity contribution in [2.45, 2.75) is 24.3 Å². The molecule has 2 N–H and O–H groups in total. The molecule has 102 valence electrons. The van der Waals surface area contributed by atoms with Gasteiger partial charge in [0.2, 0.25) is 0 Å². The van der Waals surface area contributed by atoms with Gasteiger partial charge in [0.1, 0.15) is 6.04 Å². The summed E-state index contributed by atoms with van der Waals surface area (Å²) in [5, 5.41) is 12.1. The van der Waals surface area contributed by atoms with E-state index in [0.29, 0.717) is 18.2 Å². The van der Waals surface area contributed by atoms with Gasteiger partial charge in [0.15, 0.2) is 0 Å². The predicted octanol–water partition coefficient (Wildman–Crippen LogP) is 1.30. The van der Waals surface area contributed by atoms with Crippen molar-refractivity contribution in [2.24, 2.45) is 5.92 Å². The first kappa shape index (κ1) is 13.9. The molecule has 2 atom stereocenters. The van der Waals surface area contributed by atoms with Gasteiger partial charge in [-0.05, 0) is 25.0 Å². The van der Waals surface area contributed by atoms with Crippen LogP contribution in [0.2, 0.25) is 0 Å². The molecule has 0 aromatic heterocycles. The minimum Gasteiger partial charge on any atom is -0.480 e. The molecule has 0 aromatic rings. The lowest BCUT2D eigenvalue weighted by atomic mass is 10.2. The highest BCUT2D eigenvalue weighted by atomic mass is 32.2. The largest absolute Gasteiger partial charge is 0.480 e. The van der Waals surface area contributed by atoms with Crippen LogP contribution < -0.4 is 5.32 Å². The van der Waals surface area contributed by atoms with E-state index in [0.717, 1.165) is 18.6 Å². The molecule has 2 aliphatic rings. The van der Waals surface area contributed by atoms with Crippen molar-refractivity contribution >= 4 is 35.5 Å². The summed E-state index contributed by atoms with van der Waals surface area (Å²) in [7, 11) is 0. The standard InChI is InChI=1S/C11H18N2O3S2/c1-17-5-4-12-11(16)13-8(10(14)15)6-18-9(13)7-2-3-7/h7-9H,2-6H2,1H3,(H,12,16)(H,14,15). The molecule has 1 heterocycles. The molecular formula is C11H18N2O3S2. The maximum atomic E-state index is 12.1. The first-order valence-corrected chi connectivity index (χ1v) is 8.49. The lowest BCUT2D eigenvalue weighted by molar-refractivity contribution is -0.141. The molecule has 18 heavy (non-hydrogen) atoms. The lowest BCUT2D eigenvalue weighted by Gasteiger charge is -2.27. The number of nitrogens with one attached hydrogen (secondary N) is 1. The second-order valence-electron chi connectivity index (χ2n) is 4.55. The number of carbonyl (C=O) groups excluding carboxylic acids is 1. The Morgan fingerprint density at radius 3 is 2.78 bits per heavy atom. The first-order chi connectivity index (χ1) is 8.65. The van der Waals surface area contributed by atoms with Gasteiger partial charge in [-0.1, -0.05) is 0 Å². The van der Waals surface area contributed by atoms with Crippen molar-refractivity contribution in [1.29, 1.82) is 0 Å². The monoisotopic (exact) mass is 290 g/mol. The number of carboxylic acids is 1. The smallest absolute Gasteiger partial charge is 0.327 e. The highest BCUT2D eigenvalue weighted by Crippen LogP contribution is 2.45. The Hall–Kier alpha value is -0.560. The molecule has 0 aromatic carbocycles. The molecule has 1 aliphatic carbocycles. The van der Waals surface area contributed by atoms with Crippen molar-refractivity contribution in [2.75, 3.05) is 24.3 Å². The Balaban J connectivity index is 1.98. The summed E-state index contributed by atoms with van der Waals surface area (Å²) in [4.78, 5) is 24.8. The van der Waals surface area contributed by atoms with Crippen molar-refractivity contribution in [1.82, 2.24) is 10.2 Å². The SMILES string of the molecule is CSCCNC(=O)N1C(C(=O)O)CSC1C1CC1. The number of aliphatic carboxylic acids is 1. The van der Waals surface area contributed by atoms with Crippen LogP contribution in [0, 0.1) is 5.92 Å². The van der Waals surface area contributed by atoms with Gasteiger partial charge in [0.25, 0.3) is 0 Å². The molecule has 2 rings (SSSR count). The van der Waals surface area contributed by atoms with Gasteiger partial charge in [0, 0.05) is 18.1 Å². The number of carboxylic acid groups (broad SMARTS) is 1. The number of urea groups is 1. The zero-order valence-corrected chi connectivity index (χ0v) is 11.9. The van der Waals surface area contributed by atoms with Crippen LogP contribution >= 0.6 is 23.5 Å². The summed E-state index contributed by atoms with van der Waals surface area (Å²) in [6.07, 6.45) is 4.20. The second-order valence-corrected chi connectivity index (χ2v) is 6.68. The summed E-state index contributed by atoms with van der Waals surface area (Å²) in [6.45, 7) is 0.588. The zero-order valence-electron chi connectivity index (χ0n) is 10.3. The van der Waals surface area contributed by atoms with Crippen molar-refractivity contribution in [3.8, 4) is 0 Å². The first-order valence-electron chi connectivity index (χ1n) is 6.04. The topological polar surface area (TPSA) is 69.6 Å². The maximum Gasteiger partial charge on any atom is 0.327 e. The Morgan fingerprint density at radius 1 is 1.50 bits per heavy atom. The van der Waals surface area contributed by atoms with E-state index in [4.69, 9.17) is 0 Å². The van der Waals surface area contributed by atoms with E-state index < -0.39 is 12.0 Å². The van der Waals surface area contributed by atoms with E-state index in [1.165, 1.54) is 0 Å². The zero-order chi connectivity index (χ0) is 13.1. The van der Waals surface area contributed by atoms with Crippen LogP contribution in [0.5, 0.6) is 0 Å². The normalized spacial score (nSPS) is 27.3. The van der Waals surface area contributed by atoms with Gasteiger partial charge in [-0.3, -0.25) is 4.90 Å². The van der Waals surface area contributed by atoms with E-state index in [1.54, 1.807) is 28.4 Å². The Kier molecular flexibility index (Phi) is 4.66. The Morgan fingerprint density at radius 2 is 2.22 bits per heavy atom. The van der Waals surface area contributed by atoms with Crippen molar-refractivity contribution in [3.05, 3.63) is 0 Å². The van der Waals surface area contributed by atoms with Gasteiger partial charge in [0.05, 0.1) is 5.37 Å². The van der Waals surface area contributed by atoms with E-state index in [1.807, 2.05) is 6.26 Å². The fourth-order valence-corrected chi connectivity index (χ4v) is 4.01. The number of hydrogen-bond donors (Lipinski definition) is 2. The average Bonchev–Trinajstić information content (AvgIpc) is 3.07. The molecule has 5 nitrogen and oxygen atoms in total. The molecule has 7 heteroatoms. The van der Waals surface area contributed by atoms with Crippen molar-refractivity contribution in [3.63, 3.8) is 0 Å². The number of thioether (sulfide) groups is 2. The van der Waals surface area contributed by atoms with E-state index in [9.17, 15) is 14.7 Å². The van der Waals surface area contributed by atoms with E-state index >= 15 is 0 Å². The second kappa shape index (κ2) is 6.06. The van der Waals surface area contributed by atoms with Gasteiger partial charge in [-0.2, -0.15) is 11.8 Å². The lowest BCUT2D eigenvalue weighted by Crippen LogP contribution is -2.51. The fraction of sp³-hybridized carbons (Fsp3) is 0.818. The minimum absolute atomic E-state index is 0.0559. The molecular weight excluding hydrogens is 272 g/mol. The molecule has 0 radical (unpaired) electrons. The van der Waals surface area contributed by atoms with E-state index in [-0.39, 0.29) is 11.4 Å². The van der Waals surface area contributed by atoms with Crippen LogP contribution in [-0.4, -0.2) is 57.7 Å². The van der Waals surface area contributed by atoms with Crippen LogP contribution in [0.25, 0.3) is 0 Å². The third kappa shape index (κ3) is 3.06.